The van der Waals surface area contributed by atoms with Gasteiger partial charge < -0.3 is 9.30 Å². The van der Waals surface area contributed by atoms with Gasteiger partial charge in [0.05, 0.1) is 6.73 Å². The Morgan fingerprint density at radius 1 is 0.590 bits per heavy atom. The van der Waals surface area contributed by atoms with E-state index >= 15 is 0 Å². The highest BCUT2D eigenvalue weighted by Crippen LogP contribution is 2.15. The van der Waals surface area contributed by atoms with Gasteiger partial charge in [-0.1, -0.05) is 166 Å². The van der Waals surface area contributed by atoms with Gasteiger partial charge in [-0.15, -0.1) is 0 Å². The lowest BCUT2D eigenvalue weighted by molar-refractivity contribution is 0.0645. The Morgan fingerprint density at radius 3 is 0.974 bits per heavy atom. The first-order chi connectivity index (χ1) is 17.8. The van der Waals surface area contributed by atoms with Crippen molar-refractivity contribution in [1.29, 1.82) is 0 Å². The fourth-order valence-electron chi connectivity index (χ4n) is 1.33. The molecule has 0 saturated carbocycles. The van der Waals surface area contributed by atoms with Crippen molar-refractivity contribution < 1.29 is 4.74 Å². The van der Waals surface area contributed by atoms with Gasteiger partial charge in [-0.3, -0.25) is 4.90 Å². The summed E-state index contributed by atoms with van der Waals surface area (Å²) in [6, 6.07) is 1.26. The van der Waals surface area contributed by atoms with Gasteiger partial charge in [-0.25, -0.2) is 0 Å². The normalized spacial score (nSPS) is 10.0. The van der Waals surface area contributed by atoms with Crippen molar-refractivity contribution in [3.63, 3.8) is 0 Å². The molecule has 0 rings (SSSR count). The highest BCUT2D eigenvalue weighted by molar-refractivity contribution is 6.81. The first-order valence-electron chi connectivity index (χ1n) is 16.4. The van der Waals surface area contributed by atoms with Gasteiger partial charge in [-0.2, -0.15) is 0 Å². The lowest BCUT2D eigenvalue weighted by Gasteiger charge is -2.31. The van der Waals surface area contributed by atoms with Crippen LogP contribution < -0.4 is 0 Å². The Hall–Kier alpha value is 0.0538. The fourth-order valence-corrected chi connectivity index (χ4v) is 3.50. The largest absolute Gasteiger partial charge is 0.366 e. The maximum Gasteiger partial charge on any atom is 0.149 e. The minimum absolute atomic E-state index is 0.754. The molecule has 0 saturated heterocycles. The summed E-state index contributed by atoms with van der Waals surface area (Å²) >= 11 is 0. The van der Waals surface area contributed by atoms with Crippen molar-refractivity contribution in [2.24, 2.45) is 0 Å². The topological polar surface area (TPSA) is 15.7 Å². The van der Waals surface area contributed by atoms with Gasteiger partial charge in [0.25, 0.3) is 0 Å². The quantitative estimate of drug-likeness (QED) is 0.165. The van der Waals surface area contributed by atoms with E-state index in [-0.39, 0.29) is 0 Å². The molecule has 0 aliphatic heterocycles. The molecule has 0 amide bonds. The molecule has 248 valence electrons. The predicted molar refractivity (Wildman–Crippen MR) is 199 cm³/mol. The van der Waals surface area contributed by atoms with E-state index in [1.165, 1.54) is 44.6 Å². The minimum atomic E-state index is -1.19. The Bertz CT molecular complexity index is 362. The van der Waals surface area contributed by atoms with Crippen LogP contribution in [-0.2, 0) is 4.74 Å². The monoisotopic (exact) mass is 597 g/mol. The van der Waals surface area contributed by atoms with E-state index in [4.69, 9.17) is 4.74 Å². The molecule has 5 heteroatoms. The summed E-state index contributed by atoms with van der Waals surface area (Å²) in [5, 5.41) is 1.55. The lowest BCUT2D eigenvalue weighted by atomic mass is 10.6. The number of ether oxygens (including phenoxy) is 1. The third-order valence-corrected chi connectivity index (χ3v) is 10.0. The predicted octanol–water partition coefficient (Wildman–Crippen LogP) is 12.6. The minimum Gasteiger partial charge on any atom is -0.366 e. The Morgan fingerprint density at radius 2 is 0.846 bits per heavy atom. The van der Waals surface area contributed by atoms with E-state index in [9.17, 15) is 0 Å². The molecule has 0 aliphatic rings. The van der Waals surface area contributed by atoms with Crippen LogP contribution in [0.25, 0.3) is 0 Å². The van der Waals surface area contributed by atoms with E-state index in [1.807, 2.05) is 19.0 Å². The number of rotatable bonds is 7. The van der Waals surface area contributed by atoms with Crippen LogP contribution in [0.15, 0.2) is 11.3 Å². The zero-order chi connectivity index (χ0) is 33.5. The first kappa shape index (κ1) is 58.6. The van der Waals surface area contributed by atoms with Crippen LogP contribution in [0.5, 0.6) is 0 Å². The summed E-state index contributed by atoms with van der Waals surface area (Å²) in [5.74, 6) is 0. The lowest BCUT2D eigenvalue weighted by Crippen LogP contribution is -2.44. The molecule has 0 aromatic heterocycles. The highest BCUT2D eigenvalue weighted by Gasteiger charge is 2.24. The van der Waals surface area contributed by atoms with E-state index < -0.39 is 16.3 Å². The average Bonchev–Trinajstić information content (AvgIpc) is 2.79. The third kappa shape index (κ3) is 102. The van der Waals surface area contributed by atoms with E-state index in [0.717, 1.165) is 13.3 Å². The van der Waals surface area contributed by atoms with E-state index in [2.05, 4.69) is 154 Å². The molecule has 0 fully saturated rings. The Balaban J connectivity index is -0.0000000517. The molecule has 3 nitrogen and oxygen atoms in total. The summed E-state index contributed by atoms with van der Waals surface area (Å²) in [7, 11) is 6.31. The average molecular weight is 597 g/mol. The fraction of sp³-hybridized carbons (Fsp3) is 0.941. The molecule has 0 N–H and O–H groups in total. The van der Waals surface area contributed by atoms with Gasteiger partial charge in [0.1, 0.15) is 8.24 Å². The molecule has 0 spiro atoms. The van der Waals surface area contributed by atoms with Crippen LogP contribution in [0, 0.1) is 0 Å². The number of nitrogens with zero attached hydrogens (tertiary/aromatic N) is 2. The molecule has 0 aromatic carbocycles. The maximum absolute atomic E-state index is 5.43. The second-order valence-corrected chi connectivity index (χ2v) is 22.5. The number of hydrogen-bond donors (Lipinski definition) is 0. The molecule has 0 atom stereocenters. The molecule has 0 unspecified atom stereocenters. The van der Waals surface area contributed by atoms with Gasteiger partial charge in [-0.05, 0) is 48.1 Å². The van der Waals surface area contributed by atoms with Gasteiger partial charge in [0, 0.05) is 14.7 Å². The van der Waals surface area contributed by atoms with Gasteiger partial charge in [0.15, 0.2) is 0 Å². The zero-order valence-corrected chi connectivity index (χ0v) is 34.7. The molecule has 0 radical (unpaired) electrons. The highest BCUT2D eigenvalue weighted by atomic mass is 28.3. The third-order valence-electron chi connectivity index (χ3n) is 3.86. The number of allylic oxidation sites excluding steroid dienone is 2. The van der Waals surface area contributed by atoms with Crippen LogP contribution in [0.1, 0.15) is 135 Å². The smallest absolute Gasteiger partial charge is 0.149 e. The maximum atomic E-state index is 5.43. The van der Waals surface area contributed by atoms with Crippen LogP contribution in [0.2, 0.25) is 38.8 Å². The molecule has 0 aliphatic carbocycles. The Labute approximate surface area is 257 Å². The summed E-state index contributed by atoms with van der Waals surface area (Å²) in [4.78, 5) is 2.05. The summed E-state index contributed by atoms with van der Waals surface area (Å²) in [5.41, 5.74) is 0. The van der Waals surface area contributed by atoms with Crippen molar-refractivity contribution in [2.75, 3.05) is 41.5 Å². The summed E-state index contributed by atoms with van der Waals surface area (Å²) < 4.78 is 7.80. The van der Waals surface area contributed by atoms with Gasteiger partial charge >= 0.3 is 0 Å². The van der Waals surface area contributed by atoms with Crippen molar-refractivity contribution in [3.05, 3.63) is 11.3 Å². The van der Waals surface area contributed by atoms with Crippen LogP contribution >= 0.6 is 0 Å². The summed E-state index contributed by atoms with van der Waals surface area (Å²) in [6.45, 7) is 43.4. The Kier molecular flexibility index (Phi) is 76.5. The first-order valence-corrected chi connectivity index (χ1v) is 23.0. The molecule has 0 heterocycles. The number of hydrogen-bond acceptors (Lipinski definition) is 3. The molecular weight excluding hydrogens is 509 g/mol. The second-order valence-electron chi connectivity index (χ2n) is 12.1. The zero-order valence-electron chi connectivity index (χ0n) is 32.7. The molecular formula is C34H88N2OSi2. The van der Waals surface area contributed by atoms with Crippen molar-refractivity contribution in [1.82, 2.24) is 9.47 Å². The van der Waals surface area contributed by atoms with E-state index in [0.29, 0.717) is 0 Å². The van der Waals surface area contributed by atoms with E-state index in [1.54, 1.807) is 5.20 Å². The van der Waals surface area contributed by atoms with Crippen molar-refractivity contribution in [2.45, 2.75) is 174 Å². The van der Waals surface area contributed by atoms with Gasteiger partial charge in [0.2, 0.25) is 0 Å². The van der Waals surface area contributed by atoms with Crippen LogP contribution in [0.3, 0.4) is 0 Å². The SMILES string of the molecule is C/C=C(\C)[Si](C)(C)N(C)C.CCC.CCC.CCC.CCC.CCC.CCC.CN(C)COCC[Si](C)(C)C. The van der Waals surface area contributed by atoms with Crippen molar-refractivity contribution in [3.8, 4) is 0 Å². The second kappa shape index (κ2) is 50.9. The standard InChI is InChI=1S/C8H21NOSi.C8H19NSi.6C3H8/c1-9(2)8-10-6-7-11(3,4)5;1-7-8(2)10(5,6)9(3)4;6*1-3-2/h6-8H2,1-5H3;7H,1-6H3;6*3H2,1-2H3/b;8-7+;;;;;;. The summed E-state index contributed by atoms with van der Waals surface area (Å²) in [6.07, 6.45) is 9.73. The molecule has 39 heavy (non-hydrogen) atoms. The molecule has 0 aromatic rings. The van der Waals surface area contributed by atoms with Crippen molar-refractivity contribution >= 4 is 16.3 Å². The van der Waals surface area contributed by atoms with Crippen LogP contribution in [0.4, 0.5) is 0 Å². The van der Waals surface area contributed by atoms with Crippen LogP contribution in [-0.4, -0.2) is 67.3 Å². The molecule has 0 bridgehead atoms.